The molecule has 0 heterocycles. The molecule has 21 heavy (non-hydrogen) atoms. The van der Waals surface area contributed by atoms with E-state index in [1.165, 1.54) is 62.5 Å². The molecule has 1 aromatic carbocycles. The maximum Gasteiger partial charge on any atom is 0.119 e. The van der Waals surface area contributed by atoms with Crippen molar-refractivity contribution in [2.24, 2.45) is 0 Å². The van der Waals surface area contributed by atoms with Crippen LogP contribution in [0, 0.1) is 6.92 Å². The molecule has 0 spiro atoms. The van der Waals surface area contributed by atoms with Crippen LogP contribution < -0.4 is 10.1 Å². The molecular weight excluding hydrogens is 258 g/mol. The molecule has 0 saturated carbocycles. The van der Waals surface area contributed by atoms with Crippen LogP contribution in [0.5, 0.6) is 5.75 Å². The molecule has 120 valence electrons. The van der Waals surface area contributed by atoms with E-state index in [4.69, 9.17) is 4.74 Å². The Hall–Kier alpha value is -1.02. The zero-order chi connectivity index (χ0) is 15.5. The van der Waals surface area contributed by atoms with Gasteiger partial charge < -0.3 is 10.1 Å². The lowest BCUT2D eigenvalue weighted by molar-refractivity contribution is 0.413. The van der Waals surface area contributed by atoms with Gasteiger partial charge in [0.2, 0.25) is 0 Å². The van der Waals surface area contributed by atoms with Crippen molar-refractivity contribution >= 4 is 0 Å². The van der Waals surface area contributed by atoms with Crippen molar-refractivity contribution < 1.29 is 4.74 Å². The Morgan fingerprint density at radius 1 is 1.05 bits per heavy atom. The molecular formula is C19H33NO. The molecule has 0 saturated heterocycles. The first-order valence-corrected chi connectivity index (χ1v) is 8.54. The third-order valence-electron chi connectivity index (χ3n) is 4.30. The number of benzene rings is 1. The van der Waals surface area contributed by atoms with Crippen LogP contribution >= 0.6 is 0 Å². The lowest BCUT2D eigenvalue weighted by atomic mass is 9.96. The Balaban J connectivity index is 2.37. The molecule has 0 fully saturated rings. The highest BCUT2D eigenvalue weighted by Gasteiger charge is 2.11. The highest BCUT2D eigenvalue weighted by molar-refractivity contribution is 5.36. The summed E-state index contributed by atoms with van der Waals surface area (Å²) in [6.07, 6.45) is 10.8. The maximum absolute atomic E-state index is 5.29. The SMILES string of the molecule is CCCCCCCCCC(NC)c1ccc(OC)cc1C. The summed E-state index contributed by atoms with van der Waals surface area (Å²) in [4.78, 5) is 0. The fourth-order valence-electron chi connectivity index (χ4n) is 2.93. The molecule has 0 aliphatic heterocycles. The minimum absolute atomic E-state index is 0.464. The third kappa shape index (κ3) is 6.52. The molecule has 1 aromatic rings. The van der Waals surface area contributed by atoms with E-state index in [9.17, 15) is 0 Å². The zero-order valence-corrected chi connectivity index (χ0v) is 14.4. The minimum atomic E-state index is 0.464. The zero-order valence-electron chi connectivity index (χ0n) is 14.4. The molecule has 1 unspecified atom stereocenters. The molecule has 1 rings (SSSR count). The van der Waals surface area contributed by atoms with Gasteiger partial charge in [-0.3, -0.25) is 0 Å². The number of ether oxygens (including phenoxy) is 1. The Morgan fingerprint density at radius 2 is 1.71 bits per heavy atom. The topological polar surface area (TPSA) is 21.3 Å². The van der Waals surface area contributed by atoms with Crippen LogP contribution in [0.3, 0.4) is 0 Å². The summed E-state index contributed by atoms with van der Waals surface area (Å²) in [6.45, 7) is 4.45. The van der Waals surface area contributed by atoms with Crippen LogP contribution in [0.1, 0.15) is 75.5 Å². The van der Waals surface area contributed by atoms with Gasteiger partial charge in [-0.15, -0.1) is 0 Å². The van der Waals surface area contributed by atoms with E-state index in [2.05, 4.69) is 44.4 Å². The molecule has 1 atom stereocenters. The minimum Gasteiger partial charge on any atom is -0.497 e. The molecule has 0 radical (unpaired) electrons. The standard InChI is InChI=1S/C19H33NO/c1-5-6-7-8-9-10-11-12-19(20-3)18-14-13-17(21-4)15-16(18)2/h13-15,19-20H,5-12H2,1-4H3. The van der Waals surface area contributed by atoms with Gasteiger partial charge >= 0.3 is 0 Å². The summed E-state index contributed by atoms with van der Waals surface area (Å²) in [5.74, 6) is 0.946. The van der Waals surface area contributed by atoms with E-state index < -0.39 is 0 Å². The number of hydrogen-bond acceptors (Lipinski definition) is 2. The second-order valence-corrected chi connectivity index (χ2v) is 5.97. The van der Waals surface area contributed by atoms with Crippen LogP contribution in [0.15, 0.2) is 18.2 Å². The number of unbranched alkanes of at least 4 members (excludes halogenated alkanes) is 6. The predicted molar refractivity (Wildman–Crippen MR) is 92.1 cm³/mol. The van der Waals surface area contributed by atoms with Crippen molar-refractivity contribution in [1.29, 1.82) is 0 Å². The average Bonchev–Trinajstić information content (AvgIpc) is 2.50. The van der Waals surface area contributed by atoms with Gasteiger partial charge in [0.1, 0.15) is 5.75 Å². The Labute approximate surface area is 131 Å². The fourth-order valence-corrected chi connectivity index (χ4v) is 2.93. The van der Waals surface area contributed by atoms with Gasteiger partial charge in [0.05, 0.1) is 7.11 Å². The van der Waals surface area contributed by atoms with Crippen molar-refractivity contribution in [3.05, 3.63) is 29.3 Å². The summed E-state index contributed by atoms with van der Waals surface area (Å²) in [7, 11) is 3.79. The summed E-state index contributed by atoms with van der Waals surface area (Å²) in [5, 5.41) is 3.47. The highest BCUT2D eigenvalue weighted by atomic mass is 16.5. The Morgan fingerprint density at radius 3 is 2.29 bits per heavy atom. The van der Waals surface area contributed by atoms with Crippen molar-refractivity contribution in [2.75, 3.05) is 14.2 Å². The van der Waals surface area contributed by atoms with E-state index in [0.717, 1.165) is 5.75 Å². The molecule has 0 amide bonds. The normalized spacial score (nSPS) is 12.4. The lowest BCUT2D eigenvalue weighted by Crippen LogP contribution is -2.17. The number of nitrogens with one attached hydrogen (secondary N) is 1. The monoisotopic (exact) mass is 291 g/mol. The summed E-state index contributed by atoms with van der Waals surface area (Å²) >= 11 is 0. The second kappa shape index (κ2) is 10.7. The lowest BCUT2D eigenvalue weighted by Gasteiger charge is -2.19. The van der Waals surface area contributed by atoms with Crippen LogP contribution in [-0.2, 0) is 0 Å². The number of rotatable bonds is 11. The molecule has 0 aliphatic rings. The molecule has 0 bridgehead atoms. The number of methoxy groups -OCH3 is 1. The number of aryl methyl sites for hydroxylation is 1. The van der Waals surface area contributed by atoms with Gasteiger partial charge in [0, 0.05) is 6.04 Å². The highest BCUT2D eigenvalue weighted by Crippen LogP contribution is 2.26. The van der Waals surface area contributed by atoms with E-state index in [1.54, 1.807) is 7.11 Å². The fraction of sp³-hybridized carbons (Fsp3) is 0.684. The van der Waals surface area contributed by atoms with E-state index in [1.807, 2.05) is 0 Å². The van der Waals surface area contributed by atoms with Gasteiger partial charge in [0.25, 0.3) is 0 Å². The largest absolute Gasteiger partial charge is 0.497 e. The van der Waals surface area contributed by atoms with Crippen LogP contribution in [0.25, 0.3) is 0 Å². The first-order chi connectivity index (χ1) is 10.2. The second-order valence-electron chi connectivity index (χ2n) is 5.97. The molecule has 2 heteroatoms. The molecule has 0 aliphatic carbocycles. The van der Waals surface area contributed by atoms with Crippen molar-refractivity contribution in [3.8, 4) is 5.75 Å². The van der Waals surface area contributed by atoms with E-state index in [-0.39, 0.29) is 0 Å². The van der Waals surface area contributed by atoms with E-state index in [0.29, 0.717) is 6.04 Å². The van der Waals surface area contributed by atoms with Crippen LogP contribution in [0.2, 0.25) is 0 Å². The molecule has 2 nitrogen and oxygen atoms in total. The molecule has 1 N–H and O–H groups in total. The average molecular weight is 291 g/mol. The van der Waals surface area contributed by atoms with Crippen LogP contribution in [0.4, 0.5) is 0 Å². The van der Waals surface area contributed by atoms with Crippen molar-refractivity contribution in [2.45, 2.75) is 71.3 Å². The van der Waals surface area contributed by atoms with E-state index >= 15 is 0 Å². The summed E-state index contributed by atoms with van der Waals surface area (Å²) < 4.78 is 5.29. The van der Waals surface area contributed by atoms with Gasteiger partial charge in [-0.25, -0.2) is 0 Å². The Kier molecular flexibility index (Phi) is 9.16. The predicted octanol–water partition coefficient (Wildman–Crippen LogP) is 5.40. The third-order valence-corrected chi connectivity index (χ3v) is 4.30. The smallest absolute Gasteiger partial charge is 0.119 e. The van der Waals surface area contributed by atoms with Crippen molar-refractivity contribution in [1.82, 2.24) is 5.32 Å². The van der Waals surface area contributed by atoms with Gasteiger partial charge in [-0.1, -0.05) is 57.9 Å². The Bertz CT molecular complexity index is 389. The van der Waals surface area contributed by atoms with Gasteiger partial charge in [-0.2, -0.15) is 0 Å². The van der Waals surface area contributed by atoms with Crippen molar-refractivity contribution in [3.63, 3.8) is 0 Å². The first kappa shape index (κ1) is 18.0. The van der Waals surface area contributed by atoms with Gasteiger partial charge in [-0.05, 0) is 43.7 Å². The summed E-state index contributed by atoms with van der Waals surface area (Å²) in [6, 6.07) is 6.87. The number of hydrogen-bond donors (Lipinski definition) is 1. The molecule has 0 aromatic heterocycles. The first-order valence-electron chi connectivity index (χ1n) is 8.54. The summed E-state index contributed by atoms with van der Waals surface area (Å²) in [5.41, 5.74) is 2.72. The van der Waals surface area contributed by atoms with Crippen LogP contribution in [-0.4, -0.2) is 14.2 Å². The maximum atomic E-state index is 5.29. The quantitative estimate of drug-likeness (QED) is 0.551. The van der Waals surface area contributed by atoms with Gasteiger partial charge in [0.15, 0.2) is 0 Å².